The highest BCUT2D eigenvalue weighted by Crippen LogP contribution is 2.28. The summed E-state index contributed by atoms with van der Waals surface area (Å²) in [7, 11) is 1.64. The third-order valence-electron chi connectivity index (χ3n) is 6.11. The van der Waals surface area contributed by atoms with E-state index in [1.54, 1.807) is 7.11 Å². The summed E-state index contributed by atoms with van der Waals surface area (Å²) in [6.07, 6.45) is 0. The Morgan fingerprint density at radius 1 is 0.903 bits per heavy atom. The van der Waals surface area contributed by atoms with Crippen molar-refractivity contribution in [3.05, 3.63) is 83.6 Å². The van der Waals surface area contributed by atoms with Crippen LogP contribution in [0.25, 0.3) is 21.7 Å². The molecule has 5 rings (SSSR count). The van der Waals surface area contributed by atoms with Gasteiger partial charge in [-0.2, -0.15) is 0 Å². The van der Waals surface area contributed by atoms with Crippen molar-refractivity contribution in [2.75, 3.05) is 33.3 Å². The maximum Gasteiger partial charge on any atom is 0.290 e. The van der Waals surface area contributed by atoms with Crippen molar-refractivity contribution in [1.82, 2.24) is 9.80 Å². The smallest absolute Gasteiger partial charge is 0.290 e. The number of nitrogens with zero attached hydrogens (tertiary/aromatic N) is 2. The van der Waals surface area contributed by atoms with E-state index >= 15 is 0 Å². The Morgan fingerprint density at radius 2 is 1.61 bits per heavy atom. The van der Waals surface area contributed by atoms with Crippen LogP contribution in [-0.4, -0.2) is 49.0 Å². The summed E-state index contributed by atoms with van der Waals surface area (Å²) >= 11 is 0. The van der Waals surface area contributed by atoms with Crippen LogP contribution >= 0.6 is 0 Å². The lowest BCUT2D eigenvalue weighted by atomic mass is 10.0. The maximum absolute atomic E-state index is 13.3. The van der Waals surface area contributed by atoms with Gasteiger partial charge in [-0.25, -0.2) is 0 Å². The van der Waals surface area contributed by atoms with Crippen LogP contribution in [0.3, 0.4) is 0 Å². The molecule has 0 saturated carbocycles. The fourth-order valence-corrected chi connectivity index (χ4v) is 4.48. The van der Waals surface area contributed by atoms with E-state index in [9.17, 15) is 4.79 Å². The van der Waals surface area contributed by atoms with Gasteiger partial charge in [-0.15, -0.1) is 0 Å². The van der Waals surface area contributed by atoms with Gasteiger partial charge in [-0.05, 0) is 22.4 Å². The number of rotatable bonds is 5. The Labute approximate surface area is 181 Å². The van der Waals surface area contributed by atoms with Crippen LogP contribution in [0.1, 0.15) is 21.7 Å². The van der Waals surface area contributed by atoms with Crippen LogP contribution < -0.4 is 0 Å². The Kier molecular flexibility index (Phi) is 5.45. The number of para-hydroxylation sites is 1. The van der Waals surface area contributed by atoms with Crippen LogP contribution in [0, 0.1) is 0 Å². The zero-order valence-corrected chi connectivity index (χ0v) is 17.7. The molecule has 5 nitrogen and oxygen atoms in total. The van der Waals surface area contributed by atoms with Crippen molar-refractivity contribution in [2.45, 2.75) is 13.2 Å². The topological polar surface area (TPSA) is 45.9 Å². The molecule has 0 bridgehead atoms. The summed E-state index contributed by atoms with van der Waals surface area (Å²) < 4.78 is 11.3. The van der Waals surface area contributed by atoms with E-state index in [-0.39, 0.29) is 5.91 Å². The number of piperazine rings is 1. The molecule has 31 heavy (non-hydrogen) atoms. The van der Waals surface area contributed by atoms with Crippen LogP contribution in [0.2, 0.25) is 0 Å². The largest absolute Gasteiger partial charge is 0.451 e. The molecule has 3 aromatic carbocycles. The second kappa shape index (κ2) is 8.53. The standard InChI is InChI=1S/C26H26N2O3/c1-30-18-23-22-11-4-5-12-24(22)31-25(23)26(29)28-15-13-27(14-16-28)17-20-9-6-8-19-7-2-3-10-21(19)20/h2-12H,13-18H2,1H3. The van der Waals surface area contributed by atoms with Gasteiger partial charge in [-0.3, -0.25) is 9.69 Å². The molecule has 4 aromatic rings. The number of furan rings is 1. The minimum absolute atomic E-state index is 0.0481. The molecule has 0 atom stereocenters. The van der Waals surface area contributed by atoms with E-state index < -0.39 is 0 Å². The normalized spacial score (nSPS) is 15.1. The third-order valence-corrected chi connectivity index (χ3v) is 6.11. The summed E-state index contributed by atoms with van der Waals surface area (Å²) in [5.41, 5.74) is 2.89. The zero-order valence-electron chi connectivity index (χ0n) is 17.7. The molecular formula is C26H26N2O3. The molecular weight excluding hydrogens is 388 g/mol. The molecule has 1 saturated heterocycles. The van der Waals surface area contributed by atoms with Gasteiger partial charge in [0.25, 0.3) is 5.91 Å². The Morgan fingerprint density at radius 3 is 2.42 bits per heavy atom. The van der Waals surface area contributed by atoms with Gasteiger partial charge in [0.15, 0.2) is 5.76 Å². The average molecular weight is 415 g/mol. The van der Waals surface area contributed by atoms with Gasteiger partial charge in [0.1, 0.15) is 5.58 Å². The zero-order chi connectivity index (χ0) is 21.2. The van der Waals surface area contributed by atoms with E-state index in [4.69, 9.17) is 9.15 Å². The van der Waals surface area contributed by atoms with Crippen molar-refractivity contribution in [2.24, 2.45) is 0 Å². The first-order valence-electron chi connectivity index (χ1n) is 10.7. The van der Waals surface area contributed by atoms with Crippen molar-refractivity contribution in [3.8, 4) is 0 Å². The van der Waals surface area contributed by atoms with Crippen molar-refractivity contribution in [1.29, 1.82) is 0 Å². The van der Waals surface area contributed by atoms with E-state index in [2.05, 4.69) is 47.4 Å². The summed E-state index contributed by atoms with van der Waals surface area (Å²) in [6.45, 7) is 4.31. The third kappa shape index (κ3) is 3.82. The lowest BCUT2D eigenvalue weighted by Gasteiger charge is -2.34. The Balaban J connectivity index is 1.30. The van der Waals surface area contributed by atoms with Gasteiger partial charge in [0.2, 0.25) is 0 Å². The molecule has 1 aliphatic rings. The van der Waals surface area contributed by atoms with Gasteiger partial charge in [0, 0.05) is 50.8 Å². The number of fused-ring (bicyclic) bond motifs is 2. The van der Waals surface area contributed by atoms with Gasteiger partial charge >= 0.3 is 0 Å². The summed E-state index contributed by atoms with van der Waals surface area (Å²) in [5.74, 6) is 0.360. The van der Waals surface area contributed by atoms with E-state index in [0.29, 0.717) is 25.5 Å². The first kappa shape index (κ1) is 19.8. The summed E-state index contributed by atoms with van der Waals surface area (Å²) in [5, 5.41) is 3.52. The van der Waals surface area contributed by atoms with Crippen molar-refractivity contribution >= 4 is 27.6 Å². The van der Waals surface area contributed by atoms with E-state index in [1.807, 2.05) is 29.2 Å². The predicted molar refractivity (Wildman–Crippen MR) is 122 cm³/mol. The number of methoxy groups -OCH3 is 1. The first-order valence-corrected chi connectivity index (χ1v) is 10.7. The molecule has 0 spiro atoms. The molecule has 2 heterocycles. The number of carbonyl (C=O) groups is 1. The monoisotopic (exact) mass is 414 g/mol. The number of amides is 1. The molecule has 1 aliphatic heterocycles. The second-order valence-corrected chi connectivity index (χ2v) is 8.05. The molecule has 5 heteroatoms. The van der Waals surface area contributed by atoms with E-state index in [1.165, 1.54) is 16.3 Å². The van der Waals surface area contributed by atoms with Crippen molar-refractivity contribution < 1.29 is 13.9 Å². The highest BCUT2D eigenvalue weighted by atomic mass is 16.5. The van der Waals surface area contributed by atoms with Gasteiger partial charge in [0.05, 0.1) is 6.61 Å². The lowest BCUT2D eigenvalue weighted by molar-refractivity contribution is 0.0595. The second-order valence-electron chi connectivity index (χ2n) is 8.05. The highest BCUT2D eigenvalue weighted by Gasteiger charge is 2.28. The highest BCUT2D eigenvalue weighted by molar-refractivity contribution is 5.99. The van der Waals surface area contributed by atoms with Crippen LogP contribution in [0.15, 0.2) is 71.1 Å². The molecule has 0 aliphatic carbocycles. The minimum atomic E-state index is -0.0481. The fourth-order valence-electron chi connectivity index (χ4n) is 4.48. The molecule has 0 N–H and O–H groups in total. The first-order chi connectivity index (χ1) is 15.2. The van der Waals surface area contributed by atoms with Crippen LogP contribution in [-0.2, 0) is 17.9 Å². The predicted octanol–water partition coefficient (Wildman–Crippen LogP) is 4.69. The molecule has 0 unspecified atom stereocenters. The van der Waals surface area contributed by atoms with Crippen LogP contribution in [0.4, 0.5) is 0 Å². The quantitative estimate of drug-likeness (QED) is 0.475. The molecule has 1 aromatic heterocycles. The number of hydrogen-bond acceptors (Lipinski definition) is 4. The number of carbonyl (C=O) groups excluding carboxylic acids is 1. The number of ether oxygens (including phenoxy) is 1. The Bertz CT molecular complexity index is 1220. The molecule has 1 amide bonds. The fraction of sp³-hybridized carbons (Fsp3) is 0.269. The van der Waals surface area contributed by atoms with Gasteiger partial charge < -0.3 is 14.1 Å². The summed E-state index contributed by atoms with van der Waals surface area (Å²) in [4.78, 5) is 17.6. The summed E-state index contributed by atoms with van der Waals surface area (Å²) in [6, 6.07) is 22.7. The van der Waals surface area contributed by atoms with Crippen molar-refractivity contribution in [3.63, 3.8) is 0 Å². The molecule has 158 valence electrons. The van der Waals surface area contributed by atoms with Gasteiger partial charge in [-0.1, -0.05) is 60.7 Å². The van der Waals surface area contributed by atoms with Crippen LogP contribution in [0.5, 0.6) is 0 Å². The molecule has 1 fully saturated rings. The molecule has 0 radical (unpaired) electrons. The number of hydrogen-bond donors (Lipinski definition) is 0. The number of benzene rings is 3. The average Bonchev–Trinajstić information content (AvgIpc) is 3.18. The van der Waals surface area contributed by atoms with E-state index in [0.717, 1.165) is 36.2 Å². The maximum atomic E-state index is 13.3. The lowest BCUT2D eigenvalue weighted by Crippen LogP contribution is -2.48. The minimum Gasteiger partial charge on any atom is -0.451 e. The Hall–Kier alpha value is -3.15. The SMILES string of the molecule is COCc1c(C(=O)N2CCN(Cc3cccc4ccccc34)CC2)oc2ccccc12.